The molecule has 0 heterocycles. The Morgan fingerprint density at radius 1 is 1.39 bits per heavy atom. The first-order valence-corrected chi connectivity index (χ1v) is 5.58. The van der Waals surface area contributed by atoms with E-state index in [-0.39, 0.29) is 11.3 Å². The van der Waals surface area contributed by atoms with Crippen molar-refractivity contribution in [1.29, 1.82) is 5.26 Å². The lowest BCUT2D eigenvalue weighted by atomic mass is 10.2. The van der Waals surface area contributed by atoms with Gasteiger partial charge >= 0.3 is 0 Å². The normalized spacial score (nSPS) is 9.78. The summed E-state index contributed by atoms with van der Waals surface area (Å²) in [6.07, 6.45) is 0.941. The Hall–Kier alpha value is -2.13. The van der Waals surface area contributed by atoms with Gasteiger partial charge in [-0.3, -0.25) is 10.1 Å². The summed E-state index contributed by atoms with van der Waals surface area (Å²) in [5, 5.41) is 19.4. The van der Waals surface area contributed by atoms with Crippen LogP contribution in [0, 0.1) is 21.4 Å². The number of nitriles is 1. The molecule has 0 aliphatic carbocycles. The van der Waals surface area contributed by atoms with E-state index in [4.69, 9.17) is 14.7 Å². The van der Waals surface area contributed by atoms with Crippen molar-refractivity contribution >= 4 is 5.69 Å². The molecule has 0 bridgehead atoms. The molecule has 0 N–H and O–H groups in total. The average Bonchev–Trinajstić information content (AvgIpc) is 2.38. The van der Waals surface area contributed by atoms with E-state index in [0.29, 0.717) is 25.6 Å². The van der Waals surface area contributed by atoms with Crippen molar-refractivity contribution in [2.45, 2.75) is 13.3 Å². The summed E-state index contributed by atoms with van der Waals surface area (Å²) < 4.78 is 10.6. The topological polar surface area (TPSA) is 85.4 Å². The zero-order valence-electron chi connectivity index (χ0n) is 10.1. The molecule has 96 valence electrons. The van der Waals surface area contributed by atoms with E-state index in [1.54, 1.807) is 6.07 Å². The van der Waals surface area contributed by atoms with Gasteiger partial charge in [0.1, 0.15) is 24.0 Å². The lowest BCUT2D eigenvalue weighted by Crippen LogP contribution is -2.07. The van der Waals surface area contributed by atoms with Gasteiger partial charge in [-0.05, 0) is 12.5 Å². The van der Waals surface area contributed by atoms with Gasteiger partial charge in [-0.15, -0.1) is 0 Å². The molecular weight excluding hydrogens is 236 g/mol. The lowest BCUT2D eigenvalue weighted by molar-refractivity contribution is -0.385. The highest BCUT2D eigenvalue weighted by molar-refractivity contribution is 5.52. The molecule has 1 rings (SSSR count). The van der Waals surface area contributed by atoms with Crippen LogP contribution in [-0.2, 0) is 4.74 Å². The van der Waals surface area contributed by atoms with Crippen LogP contribution in [0.2, 0.25) is 0 Å². The molecule has 1 aromatic rings. The van der Waals surface area contributed by atoms with E-state index in [9.17, 15) is 10.1 Å². The van der Waals surface area contributed by atoms with E-state index >= 15 is 0 Å². The third-order valence-electron chi connectivity index (χ3n) is 2.13. The molecule has 6 heteroatoms. The van der Waals surface area contributed by atoms with Crippen LogP contribution in [0.25, 0.3) is 0 Å². The maximum absolute atomic E-state index is 10.6. The van der Waals surface area contributed by atoms with Crippen molar-refractivity contribution < 1.29 is 14.4 Å². The monoisotopic (exact) mass is 250 g/mol. The van der Waals surface area contributed by atoms with Gasteiger partial charge in [0.05, 0.1) is 11.5 Å². The first-order valence-electron chi connectivity index (χ1n) is 5.58. The van der Waals surface area contributed by atoms with Gasteiger partial charge in [0, 0.05) is 18.7 Å². The molecule has 0 fully saturated rings. The minimum atomic E-state index is -0.591. The highest BCUT2D eigenvalue weighted by Gasteiger charge is 2.13. The molecule has 6 nitrogen and oxygen atoms in total. The molecule has 0 aromatic heterocycles. The summed E-state index contributed by atoms with van der Waals surface area (Å²) in [5.74, 6) is 0.428. The number of rotatable bonds is 7. The Balaban J connectivity index is 2.58. The Morgan fingerprint density at radius 2 is 2.17 bits per heavy atom. The summed E-state index contributed by atoms with van der Waals surface area (Å²) >= 11 is 0. The van der Waals surface area contributed by atoms with E-state index in [1.165, 1.54) is 18.2 Å². The molecule has 1 aromatic carbocycles. The molecule has 0 radical (unpaired) electrons. The average molecular weight is 250 g/mol. The Kier molecular flexibility index (Phi) is 5.61. The molecule has 0 unspecified atom stereocenters. The number of nitrogens with zero attached hydrogens (tertiary/aromatic N) is 2. The molecule has 0 atom stereocenters. The first kappa shape index (κ1) is 13.9. The zero-order chi connectivity index (χ0) is 13.4. The van der Waals surface area contributed by atoms with Gasteiger partial charge in [0.2, 0.25) is 0 Å². The summed E-state index contributed by atoms with van der Waals surface area (Å²) in [7, 11) is 0. The van der Waals surface area contributed by atoms with Crippen LogP contribution >= 0.6 is 0 Å². The largest absolute Gasteiger partial charge is 0.491 e. The second-order valence-corrected chi connectivity index (χ2v) is 3.51. The van der Waals surface area contributed by atoms with E-state index in [1.807, 2.05) is 6.92 Å². The number of nitro groups is 1. The molecule has 0 amide bonds. The number of hydrogen-bond donors (Lipinski definition) is 0. The van der Waals surface area contributed by atoms with Crippen molar-refractivity contribution in [1.82, 2.24) is 0 Å². The molecule has 0 aliphatic rings. The fourth-order valence-corrected chi connectivity index (χ4v) is 1.32. The highest BCUT2D eigenvalue weighted by atomic mass is 16.6. The van der Waals surface area contributed by atoms with Crippen molar-refractivity contribution in [3.8, 4) is 11.8 Å². The third kappa shape index (κ3) is 4.03. The minimum Gasteiger partial charge on any atom is -0.491 e. The van der Waals surface area contributed by atoms with Crippen LogP contribution in [0.4, 0.5) is 5.69 Å². The number of ether oxygens (including phenoxy) is 2. The Morgan fingerprint density at radius 3 is 2.78 bits per heavy atom. The highest BCUT2D eigenvalue weighted by Crippen LogP contribution is 2.23. The second-order valence-electron chi connectivity index (χ2n) is 3.51. The second kappa shape index (κ2) is 7.25. The predicted molar refractivity (Wildman–Crippen MR) is 64.4 cm³/mol. The molecule has 0 saturated carbocycles. The van der Waals surface area contributed by atoms with Crippen molar-refractivity contribution in [2.75, 3.05) is 19.8 Å². The fraction of sp³-hybridized carbons (Fsp3) is 0.417. The van der Waals surface area contributed by atoms with Gasteiger partial charge in [0.25, 0.3) is 5.69 Å². The van der Waals surface area contributed by atoms with E-state index in [0.717, 1.165) is 6.42 Å². The Labute approximate surface area is 105 Å². The van der Waals surface area contributed by atoms with Gasteiger partial charge in [0.15, 0.2) is 0 Å². The summed E-state index contributed by atoms with van der Waals surface area (Å²) in [5.41, 5.74) is -0.223. The maximum Gasteiger partial charge on any atom is 0.287 e. The summed E-state index contributed by atoms with van der Waals surface area (Å²) in [6.45, 7) is 3.48. The molecule has 0 aliphatic heterocycles. The minimum absolute atomic E-state index is 0.00743. The van der Waals surface area contributed by atoms with Crippen LogP contribution in [-0.4, -0.2) is 24.7 Å². The van der Waals surface area contributed by atoms with Gasteiger partial charge in [-0.1, -0.05) is 6.92 Å². The van der Waals surface area contributed by atoms with Gasteiger partial charge in [-0.2, -0.15) is 5.26 Å². The smallest absolute Gasteiger partial charge is 0.287 e. The summed E-state index contributed by atoms with van der Waals surface area (Å²) in [6, 6.07) is 5.87. The van der Waals surface area contributed by atoms with Gasteiger partial charge in [-0.25, -0.2) is 0 Å². The first-order chi connectivity index (χ1) is 8.69. The van der Waals surface area contributed by atoms with Crippen LogP contribution in [0.5, 0.6) is 5.75 Å². The molecular formula is C12H14N2O4. The van der Waals surface area contributed by atoms with Crippen LogP contribution in [0.15, 0.2) is 18.2 Å². The predicted octanol–water partition coefficient (Wildman–Crippen LogP) is 2.27. The standard InChI is InChI=1S/C12H14N2O4/c1-2-5-17-6-7-18-11-3-4-12(14(15)16)10(8-11)9-13/h3-4,8H,2,5-7H2,1H3. The van der Waals surface area contributed by atoms with Crippen molar-refractivity contribution in [2.24, 2.45) is 0 Å². The molecule has 0 spiro atoms. The van der Waals surface area contributed by atoms with E-state index < -0.39 is 4.92 Å². The zero-order valence-corrected chi connectivity index (χ0v) is 10.1. The SMILES string of the molecule is CCCOCCOc1ccc([N+](=O)[O-])c(C#N)c1. The van der Waals surface area contributed by atoms with E-state index in [2.05, 4.69) is 0 Å². The number of nitro benzene ring substituents is 1. The molecule has 18 heavy (non-hydrogen) atoms. The molecule has 0 saturated heterocycles. The number of benzene rings is 1. The van der Waals surface area contributed by atoms with Crippen LogP contribution in [0.1, 0.15) is 18.9 Å². The van der Waals surface area contributed by atoms with Crippen molar-refractivity contribution in [3.63, 3.8) is 0 Å². The summed E-state index contributed by atoms with van der Waals surface area (Å²) in [4.78, 5) is 10.0. The quantitative estimate of drug-likeness (QED) is 0.421. The third-order valence-corrected chi connectivity index (χ3v) is 2.13. The van der Waals surface area contributed by atoms with Crippen LogP contribution < -0.4 is 4.74 Å². The maximum atomic E-state index is 10.6. The lowest BCUT2D eigenvalue weighted by Gasteiger charge is -2.06. The van der Waals surface area contributed by atoms with Crippen molar-refractivity contribution in [3.05, 3.63) is 33.9 Å². The number of hydrogen-bond acceptors (Lipinski definition) is 5. The van der Waals surface area contributed by atoms with Gasteiger partial charge < -0.3 is 9.47 Å². The van der Waals surface area contributed by atoms with Crippen LogP contribution in [0.3, 0.4) is 0 Å². The Bertz CT molecular complexity index is 454. The fourth-order valence-electron chi connectivity index (χ4n) is 1.32.